The van der Waals surface area contributed by atoms with Crippen LogP contribution in [0, 0.1) is 5.41 Å². The van der Waals surface area contributed by atoms with E-state index in [2.05, 4.69) is 10.1 Å². The van der Waals surface area contributed by atoms with Crippen LogP contribution < -0.4 is 0 Å². The fourth-order valence-corrected chi connectivity index (χ4v) is 3.17. The van der Waals surface area contributed by atoms with Crippen LogP contribution >= 0.6 is 23.1 Å². The average Bonchev–Trinajstić information content (AvgIpc) is 3.03. The molecule has 1 aromatic heterocycles. The van der Waals surface area contributed by atoms with Gasteiger partial charge < -0.3 is 0 Å². The van der Waals surface area contributed by atoms with Gasteiger partial charge in [-0.15, -0.1) is 11.3 Å². The number of amidine groups is 2. The summed E-state index contributed by atoms with van der Waals surface area (Å²) in [4.78, 5) is 16.9. The summed E-state index contributed by atoms with van der Waals surface area (Å²) in [6, 6.07) is 3.80. The van der Waals surface area contributed by atoms with Crippen molar-refractivity contribution in [2.45, 2.75) is 13.3 Å². The van der Waals surface area contributed by atoms with Crippen molar-refractivity contribution in [1.82, 2.24) is 5.01 Å². The molecule has 1 N–H and O–H groups in total. The molecule has 7 heteroatoms. The molecule has 0 radical (unpaired) electrons. The van der Waals surface area contributed by atoms with Crippen LogP contribution in [0.4, 0.5) is 0 Å². The number of fused-ring (bicyclic) bond motifs is 1. The monoisotopic (exact) mass is 290 g/mol. The lowest BCUT2D eigenvalue weighted by molar-refractivity contribution is -0.114. The van der Waals surface area contributed by atoms with E-state index in [-0.39, 0.29) is 17.3 Å². The number of hydrazone groups is 1. The largest absolute Gasteiger partial charge is 0.283 e. The third-order valence-electron chi connectivity index (χ3n) is 2.63. The summed E-state index contributed by atoms with van der Waals surface area (Å²) < 4.78 is 0. The minimum Gasteiger partial charge on any atom is -0.282 e. The quantitative estimate of drug-likeness (QED) is 0.851. The fourth-order valence-electron chi connectivity index (χ4n) is 1.69. The van der Waals surface area contributed by atoms with Crippen molar-refractivity contribution in [1.29, 1.82) is 5.41 Å². The van der Waals surface area contributed by atoms with Crippen LogP contribution in [0.3, 0.4) is 0 Å². The molecule has 3 rings (SSSR count). The number of amides is 1. The van der Waals surface area contributed by atoms with Gasteiger partial charge in [0.25, 0.3) is 5.91 Å². The van der Waals surface area contributed by atoms with Gasteiger partial charge in [-0.05, 0) is 35.7 Å². The molecule has 1 aromatic rings. The van der Waals surface area contributed by atoms with E-state index in [0.717, 1.165) is 16.3 Å². The first kappa shape index (κ1) is 12.3. The van der Waals surface area contributed by atoms with E-state index in [1.54, 1.807) is 6.08 Å². The van der Waals surface area contributed by atoms with Gasteiger partial charge >= 0.3 is 0 Å². The molecule has 0 aromatic carbocycles. The molecule has 0 aliphatic carbocycles. The fraction of sp³-hybridized carbons (Fsp3) is 0.167. The molecule has 0 atom stereocenters. The Hall–Kier alpha value is -1.73. The summed E-state index contributed by atoms with van der Waals surface area (Å²) in [5.74, 6) is -0.274. The van der Waals surface area contributed by atoms with Crippen molar-refractivity contribution < 1.29 is 4.79 Å². The Kier molecular flexibility index (Phi) is 3.08. The highest BCUT2D eigenvalue weighted by atomic mass is 32.2. The number of nitrogens with zero attached hydrogens (tertiary/aromatic N) is 3. The summed E-state index contributed by atoms with van der Waals surface area (Å²) in [6.07, 6.45) is 2.46. The lowest BCUT2D eigenvalue weighted by Gasteiger charge is -2.19. The Morgan fingerprint density at radius 2 is 2.37 bits per heavy atom. The number of thiophene rings is 1. The Balaban J connectivity index is 2.00. The van der Waals surface area contributed by atoms with Crippen LogP contribution in [-0.2, 0) is 4.79 Å². The zero-order valence-electron chi connectivity index (χ0n) is 10.1. The highest BCUT2D eigenvalue weighted by molar-refractivity contribution is 8.26. The molecule has 19 heavy (non-hydrogen) atoms. The Labute approximate surface area is 118 Å². The van der Waals surface area contributed by atoms with Crippen molar-refractivity contribution in [3.63, 3.8) is 0 Å². The summed E-state index contributed by atoms with van der Waals surface area (Å²) in [6.45, 7) is 1.98. The minimum absolute atomic E-state index is 0.0966. The predicted octanol–water partition coefficient (Wildman–Crippen LogP) is 2.78. The van der Waals surface area contributed by atoms with Gasteiger partial charge in [0.05, 0.1) is 5.57 Å². The van der Waals surface area contributed by atoms with E-state index in [9.17, 15) is 4.79 Å². The second kappa shape index (κ2) is 4.75. The summed E-state index contributed by atoms with van der Waals surface area (Å²) in [7, 11) is 0. The van der Waals surface area contributed by atoms with Crippen LogP contribution in [0.25, 0.3) is 6.08 Å². The molecular weight excluding hydrogens is 280 g/mol. The average molecular weight is 290 g/mol. The molecule has 0 spiro atoms. The lowest BCUT2D eigenvalue weighted by atomic mass is 10.1. The summed E-state index contributed by atoms with van der Waals surface area (Å²) >= 11 is 2.87. The second-order valence-corrected chi connectivity index (χ2v) is 5.90. The van der Waals surface area contributed by atoms with Gasteiger partial charge in [0.1, 0.15) is 5.04 Å². The maximum atomic E-state index is 12.0. The Morgan fingerprint density at radius 1 is 1.53 bits per heavy atom. The third kappa shape index (κ3) is 2.15. The molecular formula is C12H10N4OS2. The third-order valence-corrected chi connectivity index (χ3v) is 4.50. The normalized spacial score (nSPS) is 20.7. The first-order valence-electron chi connectivity index (χ1n) is 5.71. The van der Waals surface area contributed by atoms with Crippen molar-refractivity contribution in [3.8, 4) is 0 Å². The smallest absolute Gasteiger partial charge is 0.282 e. The number of hydrogen-bond donors (Lipinski definition) is 1. The van der Waals surface area contributed by atoms with Crippen LogP contribution in [-0.4, -0.2) is 27.0 Å². The number of hydrogen-bond acceptors (Lipinski definition) is 5. The van der Waals surface area contributed by atoms with E-state index in [0.29, 0.717) is 5.17 Å². The molecule has 3 heterocycles. The van der Waals surface area contributed by atoms with Gasteiger partial charge in [0.15, 0.2) is 5.84 Å². The van der Waals surface area contributed by atoms with E-state index >= 15 is 0 Å². The number of aliphatic imine (C=N–C) groups is 1. The van der Waals surface area contributed by atoms with Crippen LogP contribution in [0.1, 0.15) is 18.2 Å². The SMILES string of the molecule is CCC1=NN2C(=N)/C(=C/c3cccs3)C(=O)N=C2S1. The Morgan fingerprint density at radius 3 is 3.05 bits per heavy atom. The van der Waals surface area contributed by atoms with E-state index in [1.807, 2.05) is 24.4 Å². The molecule has 5 nitrogen and oxygen atoms in total. The molecule has 0 unspecified atom stereocenters. The standard InChI is InChI=1S/C12H10N4OS2/c1-2-9-15-16-10(13)8(6-7-4-3-5-18-7)11(17)14-12(16)19-9/h3-6,13H,2H2,1H3/b8-6-,13-10?. The highest BCUT2D eigenvalue weighted by Crippen LogP contribution is 2.29. The van der Waals surface area contributed by atoms with Crippen LogP contribution in [0.15, 0.2) is 33.2 Å². The van der Waals surface area contributed by atoms with Crippen molar-refractivity contribution in [3.05, 3.63) is 28.0 Å². The maximum Gasteiger partial charge on any atom is 0.283 e. The van der Waals surface area contributed by atoms with Gasteiger partial charge in [0.2, 0.25) is 5.17 Å². The molecule has 2 aliphatic heterocycles. The lowest BCUT2D eigenvalue weighted by Crippen LogP contribution is -2.35. The minimum atomic E-state index is -0.371. The second-order valence-electron chi connectivity index (χ2n) is 3.88. The molecule has 1 amide bonds. The number of rotatable bonds is 2. The van der Waals surface area contributed by atoms with Crippen molar-refractivity contribution in [2.75, 3.05) is 0 Å². The van der Waals surface area contributed by atoms with E-state index in [4.69, 9.17) is 5.41 Å². The number of carbonyl (C=O) groups is 1. The van der Waals surface area contributed by atoms with Crippen LogP contribution in [0.5, 0.6) is 0 Å². The topological polar surface area (TPSA) is 68.9 Å². The van der Waals surface area contributed by atoms with E-state index < -0.39 is 0 Å². The number of thioether (sulfide) groups is 1. The van der Waals surface area contributed by atoms with Crippen LogP contribution in [0.2, 0.25) is 0 Å². The molecule has 0 saturated heterocycles. The highest BCUT2D eigenvalue weighted by Gasteiger charge is 2.34. The molecule has 0 saturated carbocycles. The van der Waals surface area contributed by atoms with Gasteiger partial charge in [-0.3, -0.25) is 10.2 Å². The van der Waals surface area contributed by atoms with Gasteiger partial charge in [-0.25, -0.2) is 0 Å². The van der Waals surface area contributed by atoms with E-state index in [1.165, 1.54) is 28.1 Å². The number of carbonyl (C=O) groups excluding carboxylic acids is 1. The zero-order chi connectivity index (χ0) is 13.4. The molecule has 0 bridgehead atoms. The first-order chi connectivity index (χ1) is 9.19. The Bertz CT molecular complexity index is 643. The zero-order valence-corrected chi connectivity index (χ0v) is 11.7. The molecule has 2 aliphatic rings. The molecule has 96 valence electrons. The van der Waals surface area contributed by atoms with Gasteiger partial charge in [0, 0.05) is 4.88 Å². The summed E-state index contributed by atoms with van der Waals surface area (Å²) in [5, 5.41) is 17.1. The number of nitrogens with one attached hydrogen (secondary N) is 1. The van der Waals surface area contributed by atoms with Gasteiger partial charge in [-0.2, -0.15) is 15.1 Å². The van der Waals surface area contributed by atoms with Crippen molar-refractivity contribution >= 4 is 51.1 Å². The van der Waals surface area contributed by atoms with Gasteiger partial charge in [-0.1, -0.05) is 13.0 Å². The predicted molar refractivity (Wildman–Crippen MR) is 79.6 cm³/mol. The first-order valence-corrected chi connectivity index (χ1v) is 7.41. The molecule has 0 fully saturated rings. The summed E-state index contributed by atoms with van der Waals surface area (Å²) in [5.41, 5.74) is 0.285. The maximum absolute atomic E-state index is 12.0. The van der Waals surface area contributed by atoms with Crippen molar-refractivity contribution in [2.24, 2.45) is 10.1 Å².